The van der Waals surface area contributed by atoms with Gasteiger partial charge in [0.25, 0.3) is 0 Å². The van der Waals surface area contributed by atoms with E-state index in [0.717, 1.165) is 11.3 Å². The number of amides is 1. The molecule has 1 amide bonds. The lowest BCUT2D eigenvalue weighted by Crippen LogP contribution is -2.36. The fourth-order valence-corrected chi connectivity index (χ4v) is 4.31. The molecule has 2 aromatic carbocycles. The molecule has 0 saturated carbocycles. The van der Waals surface area contributed by atoms with Gasteiger partial charge in [0.15, 0.2) is 0 Å². The molecule has 2 aromatic rings. The predicted octanol–water partition coefficient (Wildman–Crippen LogP) is 2.44. The van der Waals surface area contributed by atoms with Crippen LogP contribution in [-0.2, 0) is 14.8 Å². The van der Waals surface area contributed by atoms with Crippen molar-refractivity contribution in [2.75, 3.05) is 34.3 Å². The van der Waals surface area contributed by atoms with E-state index in [1.54, 1.807) is 19.2 Å². The first-order valence-electron chi connectivity index (χ1n) is 9.06. The molecule has 0 bridgehead atoms. The van der Waals surface area contributed by atoms with E-state index >= 15 is 0 Å². The maximum absolute atomic E-state index is 12.3. The van der Waals surface area contributed by atoms with Gasteiger partial charge < -0.3 is 15.0 Å². The molecule has 2 N–H and O–H groups in total. The summed E-state index contributed by atoms with van der Waals surface area (Å²) in [5.74, 6) is 0.522. The van der Waals surface area contributed by atoms with Crippen molar-refractivity contribution in [1.82, 2.24) is 14.9 Å². The van der Waals surface area contributed by atoms with E-state index in [9.17, 15) is 13.2 Å². The van der Waals surface area contributed by atoms with E-state index in [4.69, 9.17) is 16.3 Å². The number of likely N-dealkylation sites (N-methyl/N-ethyl adjacent to an activating group) is 1. The molecule has 1 unspecified atom stereocenters. The number of nitrogens with zero attached hydrogens (tertiary/aromatic N) is 1. The van der Waals surface area contributed by atoms with Crippen LogP contribution in [0.15, 0.2) is 53.4 Å². The standard InChI is InChI=1S/C20H26ClN3O4S/c1-24(2)18(15-8-10-16(28-3)11-9-15)14-22-20(25)12-13-23-29(26,27)19-7-5-4-6-17(19)21/h4-11,18,23H,12-14H2,1-3H3,(H,22,25). The summed E-state index contributed by atoms with van der Waals surface area (Å²) >= 11 is 5.93. The number of rotatable bonds is 10. The molecule has 0 aromatic heterocycles. The third kappa shape index (κ3) is 6.71. The average molecular weight is 440 g/mol. The molecular weight excluding hydrogens is 414 g/mol. The highest BCUT2D eigenvalue weighted by Gasteiger charge is 2.18. The van der Waals surface area contributed by atoms with E-state index < -0.39 is 10.0 Å². The molecule has 1 atom stereocenters. The first-order valence-corrected chi connectivity index (χ1v) is 10.9. The summed E-state index contributed by atoms with van der Waals surface area (Å²) in [4.78, 5) is 14.2. The van der Waals surface area contributed by atoms with Crippen LogP contribution in [0.2, 0.25) is 5.02 Å². The lowest BCUT2D eigenvalue weighted by molar-refractivity contribution is -0.121. The van der Waals surface area contributed by atoms with Crippen molar-refractivity contribution < 1.29 is 17.9 Å². The van der Waals surface area contributed by atoms with Gasteiger partial charge in [-0.2, -0.15) is 0 Å². The van der Waals surface area contributed by atoms with Gasteiger partial charge in [-0.15, -0.1) is 0 Å². The van der Waals surface area contributed by atoms with Gasteiger partial charge in [-0.25, -0.2) is 13.1 Å². The minimum absolute atomic E-state index is 0.00532. The largest absolute Gasteiger partial charge is 0.497 e. The molecule has 0 spiro atoms. The highest BCUT2D eigenvalue weighted by Crippen LogP contribution is 2.21. The van der Waals surface area contributed by atoms with Crippen molar-refractivity contribution in [1.29, 1.82) is 0 Å². The fraction of sp³-hybridized carbons (Fsp3) is 0.350. The van der Waals surface area contributed by atoms with Crippen LogP contribution in [0, 0.1) is 0 Å². The number of benzene rings is 2. The second kappa shape index (κ2) is 10.6. The molecule has 0 aliphatic heterocycles. The van der Waals surface area contributed by atoms with Gasteiger partial charge in [-0.3, -0.25) is 4.79 Å². The second-order valence-electron chi connectivity index (χ2n) is 6.63. The number of carbonyl (C=O) groups is 1. The van der Waals surface area contributed by atoms with Crippen molar-refractivity contribution in [3.8, 4) is 5.75 Å². The molecule has 0 radical (unpaired) electrons. The van der Waals surface area contributed by atoms with Crippen LogP contribution in [0.3, 0.4) is 0 Å². The Balaban J connectivity index is 1.87. The molecule has 29 heavy (non-hydrogen) atoms. The van der Waals surface area contributed by atoms with Crippen LogP contribution < -0.4 is 14.8 Å². The molecule has 0 saturated heterocycles. The Bertz CT molecular complexity index is 918. The van der Waals surface area contributed by atoms with Gasteiger partial charge in [0.1, 0.15) is 10.6 Å². The van der Waals surface area contributed by atoms with Gasteiger partial charge in [-0.1, -0.05) is 35.9 Å². The summed E-state index contributed by atoms with van der Waals surface area (Å²) < 4.78 is 32.1. The summed E-state index contributed by atoms with van der Waals surface area (Å²) in [6.07, 6.45) is 0.0203. The Hall–Kier alpha value is -2.13. The Labute approximate surface area is 177 Å². The number of sulfonamides is 1. The summed E-state index contributed by atoms with van der Waals surface area (Å²) in [7, 11) is 1.71. The van der Waals surface area contributed by atoms with Crippen molar-refractivity contribution in [2.24, 2.45) is 0 Å². The van der Waals surface area contributed by atoms with Crippen LogP contribution >= 0.6 is 11.6 Å². The van der Waals surface area contributed by atoms with Crippen molar-refractivity contribution >= 4 is 27.5 Å². The monoisotopic (exact) mass is 439 g/mol. The van der Waals surface area contributed by atoms with Gasteiger partial charge in [0.05, 0.1) is 18.2 Å². The fourth-order valence-electron chi connectivity index (χ4n) is 2.76. The highest BCUT2D eigenvalue weighted by molar-refractivity contribution is 7.89. The third-order valence-corrected chi connectivity index (χ3v) is 6.35. The van der Waals surface area contributed by atoms with E-state index in [1.165, 1.54) is 12.1 Å². The third-order valence-electron chi connectivity index (χ3n) is 4.39. The van der Waals surface area contributed by atoms with Gasteiger partial charge >= 0.3 is 0 Å². The molecule has 2 rings (SSSR count). The molecule has 9 heteroatoms. The molecule has 0 heterocycles. The first kappa shape index (κ1) is 23.2. The number of hydrogen-bond donors (Lipinski definition) is 2. The molecule has 0 aliphatic rings. The van der Waals surface area contributed by atoms with Gasteiger partial charge in [-0.05, 0) is 43.9 Å². The number of carbonyl (C=O) groups excluding carboxylic acids is 1. The number of halogens is 1. The summed E-state index contributed by atoms with van der Waals surface area (Å²) in [5.41, 5.74) is 1.04. The van der Waals surface area contributed by atoms with Crippen molar-refractivity contribution in [2.45, 2.75) is 17.4 Å². The predicted molar refractivity (Wildman–Crippen MR) is 114 cm³/mol. The Morgan fingerprint density at radius 3 is 2.38 bits per heavy atom. The Morgan fingerprint density at radius 2 is 1.79 bits per heavy atom. The summed E-state index contributed by atoms with van der Waals surface area (Å²) in [6, 6.07) is 13.8. The van der Waals surface area contributed by atoms with Gasteiger partial charge in [0, 0.05) is 19.5 Å². The zero-order chi connectivity index (χ0) is 21.4. The van der Waals surface area contributed by atoms with Crippen molar-refractivity contribution in [3.63, 3.8) is 0 Å². The SMILES string of the molecule is COc1ccc(C(CNC(=O)CCNS(=O)(=O)c2ccccc2Cl)N(C)C)cc1. The molecule has 158 valence electrons. The zero-order valence-electron chi connectivity index (χ0n) is 16.7. The van der Waals surface area contributed by atoms with Gasteiger partial charge in [0.2, 0.25) is 15.9 Å². The Kier molecular flexibility index (Phi) is 8.45. The lowest BCUT2D eigenvalue weighted by Gasteiger charge is -2.25. The maximum atomic E-state index is 12.3. The minimum Gasteiger partial charge on any atom is -0.497 e. The highest BCUT2D eigenvalue weighted by atomic mass is 35.5. The number of ether oxygens (including phenoxy) is 1. The summed E-state index contributed by atoms with van der Waals surface area (Å²) in [6.45, 7) is 0.379. The van der Waals surface area contributed by atoms with Crippen LogP contribution in [0.5, 0.6) is 5.75 Å². The topological polar surface area (TPSA) is 87.7 Å². The minimum atomic E-state index is -3.76. The van der Waals surface area contributed by atoms with Crippen LogP contribution in [-0.4, -0.2) is 53.5 Å². The smallest absolute Gasteiger partial charge is 0.242 e. The van der Waals surface area contributed by atoms with Crippen molar-refractivity contribution in [3.05, 3.63) is 59.1 Å². The second-order valence-corrected chi connectivity index (χ2v) is 8.78. The van der Waals surface area contributed by atoms with E-state index in [-0.39, 0.29) is 34.8 Å². The first-order chi connectivity index (χ1) is 13.7. The van der Waals surface area contributed by atoms with Crippen LogP contribution in [0.25, 0.3) is 0 Å². The average Bonchev–Trinajstić information content (AvgIpc) is 2.68. The molecule has 7 nitrogen and oxygen atoms in total. The normalized spacial score (nSPS) is 12.6. The van der Waals surface area contributed by atoms with E-state index in [2.05, 4.69) is 10.0 Å². The number of hydrogen-bond acceptors (Lipinski definition) is 5. The molecule has 0 fully saturated rings. The van der Waals surface area contributed by atoms with E-state index in [1.807, 2.05) is 43.3 Å². The molecule has 0 aliphatic carbocycles. The quantitative estimate of drug-likeness (QED) is 0.593. The van der Waals surface area contributed by atoms with E-state index in [0.29, 0.717) is 6.54 Å². The maximum Gasteiger partial charge on any atom is 0.242 e. The number of methoxy groups -OCH3 is 1. The lowest BCUT2D eigenvalue weighted by atomic mass is 10.1. The molecular formula is C20H26ClN3O4S. The number of nitrogens with one attached hydrogen (secondary N) is 2. The Morgan fingerprint density at radius 1 is 1.14 bits per heavy atom. The summed E-state index contributed by atoms with van der Waals surface area (Å²) in [5, 5.41) is 2.99. The van der Waals surface area contributed by atoms with Crippen LogP contribution in [0.1, 0.15) is 18.0 Å². The van der Waals surface area contributed by atoms with Crippen LogP contribution in [0.4, 0.5) is 0 Å². The zero-order valence-corrected chi connectivity index (χ0v) is 18.3.